The maximum atomic E-state index is 13.2. The highest BCUT2D eigenvalue weighted by atomic mass is 32.2. The molecule has 1 aliphatic heterocycles. The van der Waals surface area contributed by atoms with Gasteiger partial charge in [0.2, 0.25) is 0 Å². The van der Waals surface area contributed by atoms with Gasteiger partial charge in [0.1, 0.15) is 5.82 Å². The van der Waals surface area contributed by atoms with Crippen molar-refractivity contribution in [2.45, 2.75) is 6.04 Å². The summed E-state index contributed by atoms with van der Waals surface area (Å²) in [7, 11) is 0. The zero-order chi connectivity index (χ0) is 14.9. The van der Waals surface area contributed by atoms with Crippen molar-refractivity contribution in [1.82, 2.24) is 9.97 Å². The molecule has 5 heteroatoms. The number of nitrogens with zero attached hydrogens (tertiary/aromatic N) is 2. The van der Waals surface area contributed by atoms with Gasteiger partial charge in [0.15, 0.2) is 0 Å². The first-order chi connectivity index (χ1) is 10.8. The van der Waals surface area contributed by atoms with Crippen molar-refractivity contribution in [3.63, 3.8) is 0 Å². The highest BCUT2D eigenvalue weighted by Crippen LogP contribution is 2.34. The fourth-order valence-corrected chi connectivity index (χ4v) is 4.06. The molecule has 2 heterocycles. The molecule has 112 valence electrons. The third-order valence-corrected chi connectivity index (χ3v) is 5.14. The van der Waals surface area contributed by atoms with E-state index in [0.29, 0.717) is 0 Å². The van der Waals surface area contributed by atoms with Gasteiger partial charge in [-0.25, -0.2) is 9.37 Å². The van der Waals surface area contributed by atoms with Crippen LogP contribution in [0, 0.1) is 5.82 Å². The summed E-state index contributed by atoms with van der Waals surface area (Å²) in [5.41, 5.74) is 4.38. The summed E-state index contributed by atoms with van der Waals surface area (Å²) in [6.07, 6.45) is 1.72. The topological polar surface area (TPSA) is 31.9 Å². The summed E-state index contributed by atoms with van der Waals surface area (Å²) in [6, 6.07) is 13.5. The maximum absolute atomic E-state index is 13.2. The van der Waals surface area contributed by atoms with Gasteiger partial charge in [-0.05, 0) is 35.9 Å². The molecule has 1 N–H and O–H groups in total. The van der Waals surface area contributed by atoms with Crippen LogP contribution in [0.4, 0.5) is 10.1 Å². The highest BCUT2D eigenvalue weighted by molar-refractivity contribution is 7.99. The molecular weight excluding hydrogens is 297 g/mol. The van der Waals surface area contributed by atoms with Crippen LogP contribution in [0.25, 0.3) is 11.0 Å². The highest BCUT2D eigenvalue weighted by Gasteiger charge is 2.24. The quantitative estimate of drug-likeness (QED) is 0.776. The molecule has 1 fully saturated rings. The Kier molecular flexibility index (Phi) is 3.50. The zero-order valence-electron chi connectivity index (χ0n) is 12.0. The number of H-pyrrole nitrogens is 1. The van der Waals surface area contributed by atoms with Gasteiger partial charge < -0.3 is 9.88 Å². The molecule has 0 aliphatic carbocycles. The Morgan fingerprint density at radius 2 is 2.05 bits per heavy atom. The zero-order valence-corrected chi connectivity index (χ0v) is 12.8. The van der Waals surface area contributed by atoms with Crippen molar-refractivity contribution in [3.8, 4) is 0 Å². The van der Waals surface area contributed by atoms with E-state index >= 15 is 0 Å². The van der Waals surface area contributed by atoms with Crippen LogP contribution in [0.15, 0.2) is 48.8 Å². The van der Waals surface area contributed by atoms with Crippen molar-refractivity contribution < 1.29 is 4.39 Å². The molecule has 0 saturated carbocycles. The van der Waals surface area contributed by atoms with Gasteiger partial charge in [-0.3, -0.25) is 0 Å². The minimum atomic E-state index is -0.183. The predicted molar refractivity (Wildman–Crippen MR) is 89.9 cm³/mol. The van der Waals surface area contributed by atoms with Crippen molar-refractivity contribution in [2.24, 2.45) is 0 Å². The lowest BCUT2D eigenvalue weighted by Gasteiger charge is -2.37. The van der Waals surface area contributed by atoms with E-state index in [1.54, 1.807) is 18.5 Å². The summed E-state index contributed by atoms with van der Waals surface area (Å²) < 4.78 is 13.2. The van der Waals surface area contributed by atoms with Crippen LogP contribution in [-0.4, -0.2) is 28.0 Å². The molecule has 0 bridgehead atoms. The van der Waals surface area contributed by atoms with Crippen molar-refractivity contribution in [1.29, 1.82) is 0 Å². The molecule has 4 rings (SSSR count). The first-order valence-corrected chi connectivity index (χ1v) is 8.50. The third-order valence-electron chi connectivity index (χ3n) is 4.12. The van der Waals surface area contributed by atoms with E-state index < -0.39 is 0 Å². The van der Waals surface area contributed by atoms with Gasteiger partial charge >= 0.3 is 0 Å². The summed E-state index contributed by atoms with van der Waals surface area (Å²) in [5.74, 6) is 1.95. The second-order valence-corrected chi connectivity index (χ2v) is 6.59. The lowest BCUT2D eigenvalue weighted by atomic mass is 10.1. The van der Waals surface area contributed by atoms with E-state index in [4.69, 9.17) is 0 Å². The first-order valence-electron chi connectivity index (χ1n) is 7.34. The predicted octanol–water partition coefficient (Wildman–Crippen LogP) is 4.00. The van der Waals surface area contributed by atoms with Gasteiger partial charge in [0.25, 0.3) is 0 Å². The van der Waals surface area contributed by atoms with Crippen molar-refractivity contribution in [2.75, 3.05) is 23.0 Å². The number of halogens is 1. The van der Waals surface area contributed by atoms with Crippen LogP contribution in [-0.2, 0) is 0 Å². The van der Waals surface area contributed by atoms with Crippen LogP contribution in [0.3, 0.4) is 0 Å². The number of nitrogens with one attached hydrogen (secondary N) is 1. The molecule has 3 nitrogen and oxygen atoms in total. The summed E-state index contributed by atoms with van der Waals surface area (Å²) >= 11 is 1.95. The molecular formula is C17H16FN3S. The largest absolute Gasteiger partial charge is 0.363 e. The number of aromatic nitrogens is 2. The maximum Gasteiger partial charge on any atom is 0.123 e. The summed E-state index contributed by atoms with van der Waals surface area (Å²) in [5, 5.41) is 0. The van der Waals surface area contributed by atoms with Gasteiger partial charge in [-0.2, -0.15) is 11.8 Å². The normalized spacial score (nSPS) is 18.8. The summed E-state index contributed by atoms with van der Waals surface area (Å²) in [4.78, 5) is 9.85. The number of benzene rings is 2. The molecule has 1 aliphatic rings. The van der Waals surface area contributed by atoms with Gasteiger partial charge in [0.05, 0.1) is 23.4 Å². The van der Waals surface area contributed by atoms with Crippen molar-refractivity contribution >= 4 is 28.5 Å². The Hall–Kier alpha value is -2.01. The van der Waals surface area contributed by atoms with Crippen LogP contribution in [0.5, 0.6) is 0 Å². The standard InChI is InChI=1S/C17H16FN3S/c18-13-3-1-12(2-4-13)17-10-22-8-7-21(17)14-5-6-15-16(9-14)20-11-19-15/h1-6,9,11,17H,7-8,10H2,(H,19,20). The molecule has 1 atom stereocenters. The number of anilines is 1. The molecule has 1 saturated heterocycles. The molecule has 0 radical (unpaired) electrons. The van der Waals surface area contributed by atoms with E-state index in [2.05, 4.69) is 27.0 Å². The molecule has 2 aromatic carbocycles. The summed E-state index contributed by atoms with van der Waals surface area (Å²) in [6.45, 7) is 0.992. The van der Waals surface area contributed by atoms with Crippen LogP contribution < -0.4 is 4.90 Å². The lowest BCUT2D eigenvalue weighted by Crippen LogP contribution is -2.36. The fourth-order valence-electron chi connectivity index (χ4n) is 2.98. The van der Waals surface area contributed by atoms with E-state index in [0.717, 1.165) is 29.1 Å². The first kappa shape index (κ1) is 13.6. The molecule has 0 spiro atoms. The number of thioether (sulfide) groups is 1. The average molecular weight is 313 g/mol. The van der Waals surface area contributed by atoms with E-state index in [9.17, 15) is 4.39 Å². The Morgan fingerprint density at radius 3 is 2.91 bits per heavy atom. The molecule has 1 aromatic heterocycles. The van der Waals surface area contributed by atoms with E-state index in [1.807, 2.05) is 30.0 Å². The molecule has 3 aromatic rings. The van der Waals surface area contributed by atoms with E-state index in [1.165, 1.54) is 11.3 Å². The fraction of sp³-hybridized carbons (Fsp3) is 0.235. The smallest absolute Gasteiger partial charge is 0.123 e. The van der Waals surface area contributed by atoms with Crippen molar-refractivity contribution in [3.05, 3.63) is 60.2 Å². The number of aromatic amines is 1. The molecule has 1 unspecified atom stereocenters. The SMILES string of the molecule is Fc1ccc(C2CSCCN2c2ccc3nc[nH]c3c2)cc1. The monoisotopic (exact) mass is 313 g/mol. The minimum absolute atomic E-state index is 0.183. The number of imidazole rings is 1. The average Bonchev–Trinajstić information content (AvgIpc) is 3.03. The number of hydrogen-bond acceptors (Lipinski definition) is 3. The van der Waals surface area contributed by atoms with Crippen LogP contribution in [0.1, 0.15) is 11.6 Å². The lowest BCUT2D eigenvalue weighted by molar-refractivity contribution is 0.623. The Morgan fingerprint density at radius 1 is 1.18 bits per heavy atom. The number of fused-ring (bicyclic) bond motifs is 1. The Balaban J connectivity index is 1.71. The van der Waals surface area contributed by atoms with E-state index in [-0.39, 0.29) is 11.9 Å². The number of rotatable bonds is 2. The van der Waals surface area contributed by atoms with Crippen LogP contribution in [0.2, 0.25) is 0 Å². The van der Waals surface area contributed by atoms with Gasteiger partial charge in [-0.1, -0.05) is 12.1 Å². The van der Waals surface area contributed by atoms with Crippen LogP contribution >= 0.6 is 11.8 Å². The second-order valence-electron chi connectivity index (χ2n) is 5.44. The molecule has 22 heavy (non-hydrogen) atoms. The third kappa shape index (κ3) is 2.46. The molecule has 0 amide bonds. The van der Waals surface area contributed by atoms with Gasteiger partial charge in [-0.15, -0.1) is 0 Å². The Labute approximate surface area is 132 Å². The Bertz CT molecular complexity index is 784. The second kappa shape index (κ2) is 5.65. The van der Waals surface area contributed by atoms with Gasteiger partial charge in [0, 0.05) is 23.7 Å². The minimum Gasteiger partial charge on any atom is -0.363 e. The number of hydrogen-bond donors (Lipinski definition) is 1.